The Morgan fingerprint density at radius 2 is 1.91 bits per heavy atom. The smallest absolute Gasteiger partial charge is 0.146 e. The highest BCUT2D eigenvalue weighted by molar-refractivity contribution is 5.50. The average Bonchev–Trinajstić information content (AvgIpc) is 2.62. The van der Waals surface area contributed by atoms with Crippen LogP contribution in [0.5, 0.6) is 0 Å². The first-order chi connectivity index (χ1) is 11.3. The largest absolute Gasteiger partial charge is 0.369 e. The van der Waals surface area contributed by atoms with Crippen LogP contribution in [0.4, 0.5) is 10.1 Å². The molecule has 3 rings (SSSR count). The van der Waals surface area contributed by atoms with Crippen molar-refractivity contribution in [1.82, 2.24) is 5.32 Å². The lowest BCUT2D eigenvalue weighted by atomic mass is 9.97. The fourth-order valence-electron chi connectivity index (χ4n) is 3.66. The van der Waals surface area contributed by atoms with Gasteiger partial charge in [-0.3, -0.25) is 0 Å². The van der Waals surface area contributed by atoms with E-state index in [0.29, 0.717) is 0 Å². The van der Waals surface area contributed by atoms with Gasteiger partial charge in [-0.2, -0.15) is 0 Å². The third-order valence-corrected chi connectivity index (χ3v) is 5.04. The van der Waals surface area contributed by atoms with Crippen LogP contribution in [-0.2, 0) is 6.54 Å². The summed E-state index contributed by atoms with van der Waals surface area (Å²) in [7, 11) is 0. The third kappa shape index (κ3) is 4.81. The lowest BCUT2D eigenvalue weighted by Crippen LogP contribution is -2.30. The number of halogens is 1. The molecule has 0 spiro atoms. The molecule has 0 amide bonds. The van der Waals surface area contributed by atoms with E-state index < -0.39 is 0 Å². The van der Waals surface area contributed by atoms with E-state index in [9.17, 15) is 4.39 Å². The molecule has 1 fully saturated rings. The number of nitrogens with zero attached hydrogens (tertiary/aromatic N) is 1. The van der Waals surface area contributed by atoms with Crippen molar-refractivity contribution in [2.45, 2.75) is 57.9 Å². The van der Waals surface area contributed by atoms with Crippen LogP contribution in [0.25, 0.3) is 0 Å². The van der Waals surface area contributed by atoms with Crippen molar-refractivity contribution >= 4 is 5.69 Å². The molecule has 1 heterocycles. The Morgan fingerprint density at radius 3 is 2.70 bits per heavy atom. The highest BCUT2D eigenvalue weighted by atomic mass is 19.1. The summed E-state index contributed by atoms with van der Waals surface area (Å²) in [5.41, 5.74) is 3.58. The van der Waals surface area contributed by atoms with Crippen LogP contribution in [0.2, 0.25) is 0 Å². The standard InChI is InChI=1S/C20H29FN2/c21-19-10-9-18(15-20(19)23-13-5-2-6-14-23)16-22-12-11-17-7-3-1-4-8-17/h7,9-10,15,22H,1-6,8,11-14,16H2. The van der Waals surface area contributed by atoms with Gasteiger partial charge in [-0.1, -0.05) is 17.7 Å². The predicted octanol–water partition coefficient (Wildman–Crippen LogP) is 4.80. The minimum absolute atomic E-state index is 0.0805. The Kier molecular flexibility index (Phi) is 6.09. The van der Waals surface area contributed by atoms with Gasteiger partial charge in [-0.25, -0.2) is 4.39 Å². The van der Waals surface area contributed by atoms with Crippen molar-refractivity contribution in [1.29, 1.82) is 0 Å². The highest BCUT2D eigenvalue weighted by Gasteiger charge is 2.15. The molecule has 0 unspecified atom stereocenters. The average molecular weight is 316 g/mol. The van der Waals surface area contributed by atoms with Gasteiger partial charge in [0.2, 0.25) is 0 Å². The molecule has 1 aromatic rings. The number of allylic oxidation sites excluding steroid dienone is 1. The first kappa shape index (κ1) is 16.5. The van der Waals surface area contributed by atoms with Crippen molar-refractivity contribution in [2.75, 3.05) is 24.5 Å². The molecule has 0 atom stereocenters. The molecule has 126 valence electrons. The van der Waals surface area contributed by atoms with Crippen molar-refractivity contribution in [2.24, 2.45) is 0 Å². The topological polar surface area (TPSA) is 15.3 Å². The number of hydrogen-bond acceptors (Lipinski definition) is 2. The van der Waals surface area contributed by atoms with Gasteiger partial charge in [-0.15, -0.1) is 0 Å². The molecule has 2 nitrogen and oxygen atoms in total. The van der Waals surface area contributed by atoms with Crippen LogP contribution in [0.3, 0.4) is 0 Å². The molecule has 1 N–H and O–H groups in total. The zero-order valence-corrected chi connectivity index (χ0v) is 14.1. The second-order valence-corrected chi connectivity index (χ2v) is 6.87. The Bertz CT molecular complexity index is 532. The molecule has 1 aliphatic carbocycles. The number of anilines is 1. The molecule has 1 aromatic carbocycles. The summed E-state index contributed by atoms with van der Waals surface area (Å²) in [5, 5.41) is 3.52. The van der Waals surface area contributed by atoms with E-state index in [2.05, 4.69) is 16.3 Å². The predicted molar refractivity (Wildman–Crippen MR) is 95.3 cm³/mol. The first-order valence-electron chi connectivity index (χ1n) is 9.25. The van der Waals surface area contributed by atoms with E-state index in [4.69, 9.17) is 0 Å². The fourth-order valence-corrected chi connectivity index (χ4v) is 3.66. The van der Waals surface area contributed by atoms with Crippen LogP contribution >= 0.6 is 0 Å². The molecule has 23 heavy (non-hydrogen) atoms. The second kappa shape index (κ2) is 8.49. The van der Waals surface area contributed by atoms with Gasteiger partial charge in [0.1, 0.15) is 5.82 Å². The molecule has 0 aromatic heterocycles. The summed E-state index contributed by atoms with van der Waals surface area (Å²) >= 11 is 0. The third-order valence-electron chi connectivity index (χ3n) is 5.04. The molecular weight excluding hydrogens is 287 g/mol. The van der Waals surface area contributed by atoms with Gasteiger partial charge in [0.05, 0.1) is 5.69 Å². The number of rotatable bonds is 6. The SMILES string of the molecule is Fc1ccc(CNCCC2=CCCCC2)cc1N1CCCCC1. The number of nitrogens with one attached hydrogen (secondary N) is 1. The van der Waals surface area contributed by atoms with E-state index in [1.165, 1.54) is 50.5 Å². The molecule has 0 radical (unpaired) electrons. The van der Waals surface area contributed by atoms with E-state index >= 15 is 0 Å². The lowest BCUT2D eigenvalue weighted by Gasteiger charge is -2.29. The van der Waals surface area contributed by atoms with Crippen LogP contribution in [0.1, 0.15) is 56.9 Å². The molecule has 3 heteroatoms. The van der Waals surface area contributed by atoms with E-state index in [-0.39, 0.29) is 5.82 Å². The van der Waals surface area contributed by atoms with Crippen molar-refractivity contribution in [3.63, 3.8) is 0 Å². The quantitative estimate of drug-likeness (QED) is 0.599. The Morgan fingerprint density at radius 1 is 1.04 bits per heavy atom. The van der Waals surface area contributed by atoms with E-state index in [1.54, 1.807) is 11.6 Å². The highest BCUT2D eigenvalue weighted by Crippen LogP contribution is 2.24. The Hall–Kier alpha value is -1.35. The monoisotopic (exact) mass is 316 g/mol. The maximum absolute atomic E-state index is 14.1. The summed E-state index contributed by atoms with van der Waals surface area (Å²) < 4.78 is 14.1. The van der Waals surface area contributed by atoms with Crippen molar-refractivity contribution < 1.29 is 4.39 Å². The van der Waals surface area contributed by atoms with Gasteiger partial charge in [0.15, 0.2) is 0 Å². The fraction of sp³-hybridized carbons (Fsp3) is 0.600. The van der Waals surface area contributed by atoms with Crippen LogP contribution < -0.4 is 10.2 Å². The molecule has 2 aliphatic rings. The van der Waals surface area contributed by atoms with Gasteiger partial charge in [0.25, 0.3) is 0 Å². The number of hydrogen-bond donors (Lipinski definition) is 1. The zero-order chi connectivity index (χ0) is 15.9. The minimum Gasteiger partial charge on any atom is -0.369 e. The van der Waals surface area contributed by atoms with E-state index in [1.807, 2.05) is 12.1 Å². The maximum atomic E-state index is 14.1. The number of piperidine rings is 1. The normalized spacial score (nSPS) is 18.8. The minimum atomic E-state index is -0.0805. The Labute approximate surface area is 139 Å². The van der Waals surface area contributed by atoms with Crippen LogP contribution in [-0.4, -0.2) is 19.6 Å². The second-order valence-electron chi connectivity index (χ2n) is 6.87. The van der Waals surface area contributed by atoms with Gasteiger partial charge >= 0.3 is 0 Å². The van der Waals surface area contributed by atoms with E-state index in [0.717, 1.165) is 38.3 Å². The molecule has 1 saturated heterocycles. The zero-order valence-electron chi connectivity index (χ0n) is 14.1. The number of benzene rings is 1. The molecule has 0 bridgehead atoms. The summed E-state index contributed by atoms with van der Waals surface area (Å²) in [6.07, 6.45) is 12.4. The van der Waals surface area contributed by atoms with Crippen LogP contribution in [0.15, 0.2) is 29.8 Å². The molecule has 1 aliphatic heterocycles. The maximum Gasteiger partial charge on any atom is 0.146 e. The first-order valence-corrected chi connectivity index (χ1v) is 9.25. The summed E-state index contributed by atoms with van der Waals surface area (Å²) in [4.78, 5) is 2.20. The lowest BCUT2D eigenvalue weighted by molar-refractivity contribution is 0.556. The Balaban J connectivity index is 1.50. The van der Waals surface area contributed by atoms with Gasteiger partial charge in [-0.05, 0) is 75.6 Å². The van der Waals surface area contributed by atoms with Crippen LogP contribution in [0, 0.1) is 5.82 Å². The summed E-state index contributed by atoms with van der Waals surface area (Å²) in [5.74, 6) is -0.0805. The molecule has 0 saturated carbocycles. The van der Waals surface area contributed by atoms with Crippen molar-refractivity contribution in [3.8, 4) is 0 Å². The molecular formula is C20H29FN2. The summed E-state index contributed by atoms with van der Waals surface area (Å²) in [6, 6.07) is 5.58. The van der Waals surface area contributed by atoms with Gasteiger partial charge < -0.3 is 10.2 Å². The van der Waals surface area contributed by atoms with Gasteiger partial charge in [0, 0.05) is 19.6 Å². The van der Waals surface area contributed by atoms with Crippen molar-refractivity contribution in [3.05, 3.63) is 41.2 Å². The summed E-state index contributed by atoms with van der Waals surface area (Å²) in [6.45, 7) is 3.82.